The van der Waals surface area contributed by atoms with E-state index in [2.05, 4.69) is 11.4 Å². The summed E-state index contributed by atoms with van der Waals surface area (Å²) in [7, 11) is 0. The minimum Gasteiger partial charge on any atom is -0.321 e. The molecule has 1 aromatic carbocycles. The van der Waals surface area contributed by atoms with Crippen LogP contribution in [0.2, 0.25) is 4.34 Å². The summed E-state index contributed by atoms with van der Waals surface area (Å²) in [5.41, 5.74) is 1.16. The Kier molecular flexibility index (Phi) is 6.43. The van der Waals surface area contributed by atoms with Crippen LogP contribution in [-0.4, -0.2) is 44.4 Å². The van der Waals surface area contributed by atoms with E-state index in [1.54, 1.807) is 29.5 Å². The fourth-order valence-corrected chi connectivity index (χ4v) is 4.48. The lowest BCUT2D eigenvalue weighted by molar-refractivity contribution is -1.01. The fraction of sp³-hybridized carbons (Fsp3) is 0.368. The molecule has 0 spiro atoms. The van der Waals surface area contributed by atoms with Crippen molar-refractivity contribution in [3.8, 4) is 0 Å². The highest BCUT2D eigenvalue weighted by Gasteiger charge is 2.25. The monoisotopic (exact) mass is 393 g/mol. The van der Waals surface area contributed by atoms with E-state index in [1.165, 1.54) is 21.6 Å². The van der Waals surface area contributed by atoms with E-state index in [-0.39, 0.29) is 11.7 Å². The quantitative estimate of drug-likeness (QED) is 0.627. The second-order valence-electron chi connectivity index (χ2n) is 6.71. The molecule has 0 atom stereocenters. The van der Waals surface area contributed by atoms with Crippen molar-refractivity contribution in [1.82, 2.24) is 0 Å². The molecule has 0 radical (unpaired) electrons. The van der Waals surface area contributed by atoms with Gasteiger partial charge in [0.25, 0.3) is 5.91 Å². The van der Waals surface area contributed by atoms with Gasteiger partial charge in [0, 0.05) is 5.56 Å². The van der Waals surface area contributed by atoms with Crippen LogP contribution in [0.3, 0.4) is 0 Å². The van der Waals surface area contributed by atoms with E-state index in [4.69, 9.17) is 11.6 Å². The zero-order chi connectivity index (χ0) is 18.5. The van der Waals surface area contributed by atoms with Gasteiger partial charge >= 0.3 is 0 Å². The van der Waals surface area contributed by atoms with Crippen LogP contribution in [0.4, 0.5) is 5.69 Å². The Balaban J connectivity index is 1.47. The molecule has 5 nitrogen and oxygen atoms in total. The number of amides is 1. The third-order valence-electron chi connectivity index (χ3n) is 4.71. The molecule has 0 unspecified atom stereocenters. The van der Waals surface area contributed by atoms with E-state index in [0.29, 0.717) is 17.8 Å². The SMILES string of the molecule is CC(=O)c1ccccc1NC(=O)C[NH+]1CC[NH+](Cc2ccc(Cl)s2)CC1. The normalized spacial score (nSPS) is 19.9. The first-order valence-electron chi connectivity index (χ1n) is 8.82. The number of anilines is 1. The molecule has 1 aromatic heterocycles. The molecule has 2 aromatic rings. The second kappa shape index (κ2) is 8.77. The van der Waals surface area contributed by atoms with E-state index in [0.717, 1.165) is 37.1 Å². The van der Waals surface area contributed by atoms with Crippen molar-refractivity contribution < 1.29 is 19.4 Å². The smallest absolute Gasteiger partial charge is 0.279 e. The van der Waals surface area contributed by atoms with Gasteiger partial charge in [-0.1, -0.05) is 23.7 Å². The number of carbonyl (C=O) groups excluding carboxylic acids is 2. The first kappa shape index (κ1) is 19.0. The van der Waals surface area contributed by atoms with Crippen LogP contribution in [0.25, 0.3) is 0 Å². The molecule has 138 valence electrons. The molecule has 1 amide bonds. The minimum absolute atomic E-state index is 0.0396. The fourth-order valence-electron chi connectivity index (χ4n) is 3.32. The van der Waals surface area contributed by atoms with E-state index in [9.17, 15) is 9.59 Å². The number of rotatable bonds is 6. The number of carbonyl (C=O) groups is 2. The van der Waals surface area contributed by atoms with Crippen molar-refractivity contribution in [2.75, 3.05) is 38.0 Å². The van der Waals surface area contributed by atoms with Crippen LogP contribution in [0.1, 0.15) is 22.2 Å². The molecule has 0 saturated carbocycles. The maximum absolute atomic E-state index is 12.4. The highest BCUT2D eigenvalue weighted by atomic mass is 35.5. The molecule has 3 rings (SSSR count). The van der Waals surface area contributed by atoms with Gasteiger partial charge in [0.05, 0.1) is 14.9 Å². The number of benzene rings is 1. The predicted octanol–water partition coefficient (Wildman–Crippen LogP) is 0.526. The third kappa shape index (κ3) is 5.14. The first-order valence-corrected chi connectivity index (χ1v) is 10.0. The summed E-state index contributed by atoms with van der Waals surface area (Å²) in [4.78, 5) is 28.2. The number of nitrogens with one attached hydrogen (secondary N) is 3. The number of piperazine rings is 1. The molecule has 0 bridgehead atoms. The summed E-state index contributed by atoms with van der Waals surface area (Å²) in [6.07, 6.45) is 0. The average Bonchev–Trinajstić information content (AvgIpc) is 3.02. The van der Waals surface area contributed by atoms with Crippen molar-refractivity contribution >= 4 is 40.3 Å². The van der Waals surface area contributed by atoms with Gasteiger partial charge in [-0.3, -0.25) is 9.59 Å². The van der Waals surface area contributed by atoms with Gasteiger partial charge in [-0.25, -0.2) is 0 Å². The number of Topliss-reactive ketones (excluding diaryl/α,β-unsaturated/α-hetero) is 1. The lowest BCUT2D eigenvalue weighted by Crippen LogP contribution is -3.28. The number of halogens is 1. The highest BCUT2D eigenvalue weighted by Crippen LogP contribution is 2.20. The van der Waals surface area contributed by atoms with Gasteiger partial charge in [0.15, 0.2) is 12.3 Å². The van der Waals surface area contributed by atoms with E-state index < -0.39 is 0 Å². The molecule has 3 N–H and O–H groups in total. The van der Waals surface area contributed by atoms with Crippen molar-refractivity contribution in [2.45, 2.75) is 13.5 Å². The van der Waals surface area contributed by atoms with Gasteiger partial charge in [0.1, 0.15) is 32.7 Å². The molecular weight excluding hydrogens is 370 g/mol. The lowest BCUT2D eigenvalue weighted by Gasteiger charge is -2.29. The zero-order valence-corrected chi connectivity index (χ0v) is 16.4. The molecule has 1 aliphatic rings. The second-order valence-corrected chi connectivity index (χ2v) is 8.51. The van der Waals surface area contributed by atoms with Crippen molar-refractivity contribution in [3.63, 3.8) is 0 Å². The standard InChI is InChI=1S/C19H22ClN3O2S/c1-14(24)16-4-2-3-5-17(16)21-19(25)13-23-10-8-22(9-11-23)12-15-6-7-18(20)26-15/h2-7H,8-13H2,1H3,(H,21,25)/p+2. The number of ketones is 1. The average molecular weight is 394 g/mol. The van der Waals surface area contributed by atoms with Gasteiger partial charge in [-0.2, -0.15) is 0 Å². The first-order chi connectivity index (χ1) is 12.5. The van der Waals surface area contributed by atoms with Gasteiger partial charge in [0.2, 0.25) is 0 Å². The summed E-state index contributed by atoms with van der Waals surface area (Å²) in [6.45, 7) is 6.98. The summed E-state index contributed by atoms with van der Waals surface area (Å²) in [5.74, 6) is -0.0821. The molecular formula is C19H24ClN3O2S+2. The minimum atomic E-state index is -0.0425. The van der Waals surface area contributed by atoms with E-state index in [1.807, 2.05) is 12.1 Å². The Morgan fingerprint density at radius 3 is 2.42 bits per heavy atom. The van der Waals surface area contributed by atoms with Crippen LogP contribution in [0.5, 0.6) is 0 Å². The Labute approximate surface area is 162 Å². The lowest BCUT2D eigenvalue weighted by atomic mass is 10.1. The number of thiophene rings is 1. The largest absolute Gasteiger partial charge is 0.321 e. The van der Waals surface area contributed by atoms with Crippen molar-refractivity contribution in [1.29, 1.82) is 0 Å². The topological polar surface area (TPSA) is 55.0 Å². The van der Waals surface area contributed by atoms with Gasteiger partial charge < -0.3 is 15.1 Å². The molecule has 26 heavy (non-hydrogen) atoms. The Hall–Kier alpha value is -1.73. The predicted molar refractivity (Wildman–Crippen MR) is 104 cm³/mol. The molecule has 1 fully saturated rings. The Morgan fingerprint density at radius 2 is 1.77 bits per heavy atom. The third-order valence-corrected chi connectivity index (χ3v) is 5.94. The molecule has 1 aliphatic heterocycles. The number of quaternary nitrogens is 2. The summed E-state index contributed by atoms with van der Waals surface area (Å²) in [6, 6.07) is 11.2. The number of para-hydroxylation sites is 1. The van der Waals surface area contributed by atoms with Crippen LogP contribution >= 0.6 is 22.9 Å². The zero-order valence-electron chi connectivity index (χ0n) is 14.8. The number of hydrogen-bond donors (Lipinski definition) is 3. The molecule has 2 heterocycles. The van der Waals surface area contributed by atoms with Crippen molar-refractivity contribution in [2.24, 2.45) is 0 Å². The van der Waals surface area contributed by atoms with Crippen LogP contribution in [-0.2, 0) is 11.3 Å². The van der Waals surface area contributed by atoms with Crippen molar-refractivity contribution in [3.05, 3.63) is 51.2 Å². The van der Waals surface area contributed by atoms with Crippen LogP contribution in [0.15, 0.2) is 36.4 Å². The molecule has 7 heteroatoms. The summed E-state index contributed by atoms with van der Waals surface area (Å²) < 4.78 is 0.839. The maximum atomic E-state index is 12.4. The Bertz CT molecular complexity index is 785. The summed E-state index contributed by atoms with van der Waals surface area (Å²) >= 11 is 7.64. The van der Waals surface area contributed by atoms with E-state index >= 15 is 0 Å². The highest BCUT2D eigenvalue weighted by molar-refractivity contribution is 7.16. The maximum Gasteiger partial charge on any atom is 0.279 e. The number of hydrogen-bond acceptors (Lipinski definition) is 3. The van der Waals surface area contributed by atoms with Gasteiger partial charge in [-0.15, -0.1) is 11.3 Å². The van der Waals surface area contributed by atoms with Gasteiger partial charge in [-0.05, 0) is 31.2 Å². The van der Waals surface area contributed by atoms with Crippen LogP contribution in [0, 0.1) is 0 Å². The molecule has 0 aliphatic carbocycles. The Morgan fingerprint density at radius 1 is 1.08 bits per heavy atom. The summed E-state index contributed by atoms with van der Waals surface area (Å²) in [5, 5.41) is 2.89. The molecule has 1 saturated heterocycles. The van der Waals surface area contributed by atoms with Crippen LogP contribution < -0.4 is 15.1 Å².